The lowest BCUT2D eigenvalue weighted by atomic mass is 9.86. The fraction of sp³-hybridized carbons (Fsp3) is 0.368. The number of sulfonamides is 1. The Morgan fingerprint density at radius 3 is 2.39 bits per heavy atom. The Morgan fingerprint density at radius 2 is 1.75 bits per heavy atom. The molecule has 0 unspecified atom stereocenters. The monoisotopic (exact) mass is 836 g/mol. The van der Waals surface area contributed by atoms with Crippen molar-refractivity contribution < 1.29 is 49.1 Å². The molecule has 1 saturated carbocycles. The highest BCUT2D eigenvalue weighted by Crippen LogP contribution is 2.68. The summed E-state index contributed by atoms with van der Waals surface area (Å²) in [5.41, 5.74) is -3.41. The molecular weight excluding hydrogens is 805 g/mol. The van der Waals surface area contributed by atoms with E-state index in [1.807, 2.05) is 0 Å². The van der Waals surface area contributed by atoms with Gasteiger partial charge in [-0.3, -0.25) is 18.9 Å². The summed E-state index contributed by atoms with van der Waals surface area (Å²) in [5.74, 6) is -4.65. The number of Topliss-reactive ketones (excluding diaryl/α,β-unsaturated/α-hetero) is 1. The third-order valence-corrected chi connectivity index (χ3v) is 10.6. The summed E-state index contributed by atoms with van der Waals surface area (Å²) in [6.07, 6.45) is -5.18. The second kappa shape index (κ2) is 13.8. The predicted molar refractivity (Wildman–Crippen MR) is 195 cm³/mol. The zero-order valence-electron chi connectivity index (χ0n) is 30.4. The molecule has 10 nitrogen and oxygen atoms in total. The highest BCUT2D eigenvalue weighted by Gasteiger charge is 2.68. The van der Waals surface area contributed by atoms with E-state index in [9.17, 15) is 40.3 Å². The average molecular weight is 837 g/mol. The van der Waals surface area contributed by atoms with Crippen molar-refractivity contribution in [3.63, 3.8) is 0 Å². The molecule has 57 heavy (non-hydrogen) atoms. The first-order chi connectivity index (χ1) is 26.4. The molecule has 0 amide bonds. The Kier molecular flexibility index (Phi) is 9.76. The number of ketones is 1. The molecule has 2 aromatic carbocycles. The van der Waals surface area contributed by atoms with Gasteiger partial charge in [0.25, 0.3) is 5.92 Å². The van der Waals surface area contributed by atoms with E-state index in [1.54, 1.807) is 12.1 Å². The van der Waals surface area contributed by atoms with Gasteiger partial charge < -0.3 is 5.11 Å². The molecule has 1 fully saturated rings. The number of aliphatic hydroxyl groups is 1. The van der Waals surface area contributed by atoms with E-state index in [-0.39, 0.29) is 51.6 Å². The second-order valence-electron chi connectivity index (χ2n) is 14.9. The second-order valence-corrected chi connectivity index (χ2v) is 17.0. The maximum absolute atomic E-state index is 15.4. The van der Waals surface area contributed by atoms with Crippen molar-refractivity contribution in [1.29, 1.82) is 0 Å². The number of hydrogen-bond acceptors (Lipinski definition) is 7. The Labute approximate surface area is 326 Å². The standard InChI is InChI=1S/C38H32ClF7N6O4S/c1-36(2,54)10-9-22-5-6-24(25-7-8-28(39)30-32(25)51(3)49-35(30)50-57(4,55)56)31(47-22)19(11-18-12-20(40)15-21(41)13-18)14-23(53)17-52-34-29(33(48-52)38(44,45)46)26-16-27(26)37(34,42)43/h5-8,12-13,15,19,26-27,54H,11,14,16-17H2,1-4H3,(H,49,50)/t19-,26+,27-/m1/s1. The molecule has 3 heterocycles. The van der Waals surface area contributed by atoms with Gasteiger partial charge in [0.1, 0.15) is 35.2 Å². The molecule has 3 aromatic heterocycles. The van der Waals surface area contributed by atoms with Crippen LogP contribution in [0.5, 0.6) is 0 Å². The number of pyridine rings is 1. The number of nitrogens with one attached hydrogen (secondary N) is 1. The topological polar surface area (TPSA) is 132 Å². The lowest BCUT2D eigenvalue weighted by Gasteiger charge is -2.22. The van der Waals surface area contributed by atoms with Crippen molar-refractivity contribution in [2.45, 2.75) is 69.2 Å². The molecule has 2 aliphatic carbocycles. The van der Waals surface area contributed by atoms with Crippen molar-refractivity contribution in [2.24, 2.45) is 13.0 Å². The number of anilines is 1. The molecule has 0 aliphatic heterocycles. The minimum Gasteiger partial charge on any atom is -0.378 e. The number of carbonyl (C=O) groups excluding carboxylic acids is 1. The van der Waals surface area contributed by atoms with Gasteiger partial charge in [-0.25, -0.2) is 22.2 Å². The maximum atomic E-state index is 15.4. The van der Waals surface area contributed by atoms with Crippen molar-refractivity contribution in [2.75, 3.05) is 11.0 Å². The van der Waals surface area contributed by atoms with Crippen molar-refractivity contribution in [1.82, 2.24) is 24.5 Å². The number of carbonyl (C=O) groups is 1. The molecule has 2 aliphatic rings. The summed E-state index contributed by atoms with van der Waals surface area (Å²) in [7, 11) is -2.33. The minimum absolute atomic E-state index is 0.0541. The van der Waals surface area contributed by atoms with Crippen LogP contribution in [0.15, 0.2) is 42.5 Å². The van der Waals surface area contributed by atoms with Gasteiger partial charge in [0.15, 0.2) is 17.3 Å². The lowest BCUT2D eigenvalue weighted by molar-refractivity contribution is -0.142. The molecule has 3 atom stereocenters. The van der Waals surface area contributed by atoms with Crippen LogP contribution in [0, 0.1) is 29.4 Å². The summed E-state index contributed by atoms with van der Waals surface area (Å²) >= 11 is 6.57. The molecule has 0 saturated heterocycles. The van der Waals surface area contributed by atoms with Crippen LogP contribution in [-0.2, 0) is 46.9 Å². The van der Waals surface area contributed by atoms with Gasteiger partial charge >= 0.3 is 6.18 Å². The molecule has 19 heteroatoms. The number of benzene rings is 2. The first kappa shape index (κ1) is 40.2. The molecule has 0 bridgehead atoms. The molecule has 0 spiro atoms. The Morgan fingerprint density at radius 1 is 1.09 bits per heavy atom. The van der Waals surface area contributed by atoms with E-state index in [0.717, 1.165) is 18.4 Å². The molecule has 0 radical (unpaired) electrons. The van der Waals surface area contributed by atoms with Crippen molar-refractivity contribution >= 4 is 44.1 Å². The lowest BCUT2D eigenvalue weighted by Crippen LogP contribution is -2.24. The van der Waals surface area contributed by atoms with Crippen LogP contribution < -0.4 is 4.72 Å². The van der Waals surface area contributed by atoms with Crippen LogP contribution in [0.3, 0.4) is 0 Å². The van der Waals surface area contributed by atoms with Gasteiger partial charge in [-0.2, -0.15) is 32.1 Å². The molecule has 5 aromatic rings. The molecule has 300 valence electrons. The highest BCUT2D eigenvalue weighted by molar-refractivity contribution is 7.92. The number of nitrogens with zero attached hydrogens (tertiary/aromatic N) is 5. The first-order valence-electron chi connectivity index (χ1n) is 17.3. The molecular formula is C38H32ClF7N6O4S. The highest BCUT2D eigenvalue weighted by atomic mass is 35.5. The van der Waals surface area contributed by atoms with Gasteiger partial charge in [0.2, 0.25) is 10.0 Å². The van der Waals surface area contributed by atoms with Crippen LogP contribution in [0.4, 0.5) is 36.6 Å². The van der Waals surface area contributed by atoms with E-state index in [2.05, 4.69) is 26.8 Å². The summed E-state index contributed by atoms with van der Waals surface area (Å²) in [5, 5.41) is 18.4. The average Bonchev–Trinajstić information content (AvgIpc) is 3.61. The fourth-order valence-electron chi connectivity index (χ4n) is 7.52. The van der Waals surface area contributed by atoms with E-state index in [4.69, 9.17) is 16.6 Å². The van der Waals surface area contributed by atoms with Crippen molar-refractivity contribution in [3.05, 3.63) is 93.0 Å². The molecule has 2 N–H and O–H groups in total. The number of aromatic nitrogens is 5. The molecule has 7 rings (SSSR count). The number of halogens is 8. The van der Waals surface area contributed by atoms with Crippen LogP contribution >= 0.6 is 11.6 Å². The van der Waals surface area contributed by atoms with Gasteiger partial charge in [-0.1, -0.05) is 23.6 Å². The van der Waals surface area contributed by atoms with Gasteiger partial charge in [-0.05, 0) is 74.4 Å². The Balaban J connectivity index is 1.39. The zero-order valence-corrected chi connectivity index (χ0v) is 32.0. The largest absolute Gasteiger partial charge is 0.435 e. The Hall–Kier alpha value is -4.99. The maximum Gasteiger partial charge on any atom is 0.435 e. The fourth-order valence-corrected chi connectivity index (χ4v) is 8.26. The first-order valence-corrected chi connectivity index (χ1v) is 19.6. The minimum atomic E-state index is -5.06. The van der Waals surface area contributed by atoms with E-state index in [1.165, 1.54) is 37.7 Å². The summed E-state index contributed by atoms with van der Waals surface area (Å²) in [6.45, 7) is 1.86. The third kappa shape index (κ3) is 7.97. The van der Waals surface area contributed by atoms with Crippen LogP contribution in [0.1, 0.15) is 72.4 Å². The van der Waals surface area contributed by atoms with Crippen LogP contribution in [-0.4, -0.2) is 55.7 Å². The SMILES string of the molecule is Cn1nc(NS(C)(=O)=O)c2c(Cl)ccc(-c3ccc(C#CC(C)(C)O)nc3[C@@H](CC(=O)Cn3nc(C(F)(F)F)c4c3C(F)(F)[C@@H]3C[C@H]43)Cc3cc(F)cc(F)c3)c21. The number of aryl methyl sites for hydroxylation is 1. The van der Waals surface area contributed by atoms with Gasteiger partial charge in [0, 0.05) is 48.1 Å². The number of alkyl halides is 5. The predicted octanol–water partition coefficient (Wildman–Crippen LogP) is 7.47. The van der Waals surface area contributed by atoms with Crippen molar-refractivity contribution in [3.8, 4) is 23.0 Å². The summed E-state index contributed by atoms with van der Waals surface area (Å²) in [6, 6.07) is 8.75. The third-order valence-electron chi connectivity index (χ3n) is 9.72. The van der Waals surface area contributed by atoms with Crippen LogP contribution in [0.25, 0.3) is 22.0 Å². The quantitative estimate of drug-likeness (QED) is 0.110. The number of hydrogen-bond donors (Lipinski definition) is 2. The van der Waals surface area contributed by atoms with E-state index < -0.39 is 92.8 Å². The van der Waals surface area contributed by atoms with Gasteiger partial charge in [0.05, 0.1) is 27.9 Å². The summed E-state index contributed by atoms with van der Waals surface area (Å²) < 4.78 is 131. The van der Waals surface area contributed by atoms with E-state index >= 15 is 8.78 Å². The van der Waals surface area contributed by atoms with Crippen LogP contribution in [0.2, 0.25) is 5.02 Å². The zero-order chi connectivity index (χ0) is 41.6. The smallest absolute Gasteiger partial charge is 0.378 e. The number of rotatable bonds is 10. The van der Waals surface area contributed by atoms with Gasteiger partial charge in [-0.15, -0.1) is 0 Å². The van der Waals surface area contributed by atoms with E-state index in [0.29, 0.717) is 21.8 Å². The Bertz CT molecular complexity index is 2640. The normalized spacial score (nSPS) is 17.8. The summed E-state index contributed by atoms with van der Waals surface area (Å²) in [4.78, 5) is 18.7. The number of fused-ring (bicyclic) bond motifs is 4.